The number of rotatable bonds is 8. The molecule has 0 amide bonds. The molecule has 3 heteroatoms. The molecule has 0 heterocycles. The summed E-state index contributed by atoms with van der Waals surface area (Å²) in [6.07, 6.45) is 18.4. The van der Waals surface area contributed by atoms with Crippen LogP contribution in [0.15, 0.2) is 12.1 Å². The summed E-state index contributed by atoms with van der Waals surface area (Å²) >= 11 is 0. The van der Waals surface area contributed by atoms with Crippen molar-refractivity contribution in [1.82, 2.24) is 0 Å². The Labute approximate surface area is 175 Å². The van der Waals surface area contributed by atoms with Crippen LogP contribution in [0.5, 0.6) is 0 Å². The molecule has 29 heavy (non-hydrogen) atoms. The zero-order chi connectivity index (χ0) is 20.6. The number of nitriles is 1. The number of unbranched alkanes of at least 4 members (excludes halogenated alkanes) is 4. The van der Waals surface area contributed by atoms with Crippen molar-refractivity contribution < 1.29 is 8.78 Å². The third-order valence-electron chi connectivity index (χ3n) is 7.69. The van der Waals surface area contributed by atoms with Gasteiger partial charge in [-0.05, 0) is 79.9 Å². The molecule has 0 unspecified atom stereocenters. The minimum absolute atomic E-state index is 0.238. The topological polar surface area (TPSA) is 23.8 Å². The maximum atomic E-state index is 14.0. The molecule has 0 spiro atoms. The van der Waals surface area contributed by atoms with Crippen LogP contribution >= 0.6 is 0 Å². The highest BCUT2D eigenvalue weighted by molar-refractivity contribution is 5.36. The van der Waals surface area contributed by atoms with Gasteiger partial charge in [0.05, 0.1) is 0 Å². The van der Waals surface area contributed by atoms with Crippen molar-refractivity contribution in [2.24, 2.45) is 17.8 Å². The minimum atomic E-state index is -0.711. The minimum Gasteiger partial charge on any atom is -0.205 e. The highest BCUT2D eigenvalue weighted by Crippen LogP contribution is 2.44. The standard InChI is InChI=1S/C26H37F2N/c1-2-3-4-5-6-7-19-8-10-20(11-9-19)21-12-14-22(15-13-21)23-16-25(27)24(18-29)26(28)17-23/h16-17,19-22H,2-15H2,1H3/t19-,20-,21-,22-. The van der Waals surface area contributed by atoms with E-state index in [0.29, 0.717) is 0 Å². The molecule has 0 bridgehead atoms. The molecule has 0 aliphatic heterocycles. The Bertz CT molecular complexity index is 653. The van der Waals surface area contributed by atoms with Crippen molar-refractivity contribution in [2.75, 3.05) is 0 Å². The van der Waals surface area contributed by atoms with Gasteiger partial charge in [0.1, 0.15) is 23.3 Å². The quantitative estimate of drug-likeness (QED) is 0.402. The zero-order valence-corrected chi connectivity index (χ0v) is 18.1. The predicted molar refractivity (Wildman–Crippen MR) is 115 cm³/mol. The Kier molecular flexibility index (Phi) is 8.52. The Morgan fingerprint density at radius 1 is 0.828 bits per heavy atom. The third-order valence-corrected chi connectivity index (χ3v) is 7.69. The summed E-state index contributed by atoms with van der Waals surface area (Å²) in [6.45, 7) is 2.27. The summed E-state index contributed by atoms with van der Waals surface area (Å²) in [4.78, 5) is 0. The van der Waals surface area contributed by atoms with Crippen molar-refractivity contribution >= 4 is 0 Å². The summed E-state index contributed by atoms with van der Waals surface area (Å²) in [5.41, 5.74) is 0.286. The first-order chi connectivity index (χ1) is 14.1. The van der Waals surface area contributed by atoms with Gasteiger partial charge in [-0.25, -0.2) is 8.78 Å². The van der Waals surface area contributed by atoms with Crippen LogP contribution < -0.4 is 0 Å². The molecule has 3 rings (SSSR count). The van der Waals surface area contributed by atoms with E-state index in [1.807, 2.05) is 0 Å². The third kappa shape index (κ3) is 6.03. The number of hydrogen-bond acceptors (Lipinski definition) is 1. The molecule has 160 valence electrons. The number of nitrogens with zero attached hydrogens (tertiary/aromatic N) is 1. The lowest BCUT2D eigenvalue weighted by Gasteiger charge is -2.38. The molecular formula is C26H37F2N. The van der Waals surface area contributed by atoms with Gasteiger partial charge in [0.15, 0.2) is 0 Å². The average molecular weight is 402 g/mol. The fraction of sp³-hybridized carbons (Fsp3) is 0.731. The summed E-state index contributed by atoms with van der Waals surface area (Å²) in [5, 5.41) is 8.85. The highest BCUT2D eigenvalue weighted by Gasteiger charge is 2.31. The van der Waals surface area contributed by atoms with Crippen molar-refractivity contribution in [3.63, 3.8) is 0 Å². The highest BCUT2D eigenvalue weighted by atomic mass is 19.1. The van der Waals surface area contributed by atoms with E-state index in [-0.39, 0.29) is 5.92 Å². The Balaban J connectivity index is 1.41. The molecule has 2 saturated carbocycles. The second kappa shape index (κ2) is 11.1. The SMILES string of the molecule is CCCCCCC[C@H]1CC[C@H]([C@H]2CC[C@H](c3cc(F)c(C#N)c(F)c3)CC2)CC1. The number of hydrogen-bond donors (Lipinski definition) is 0. The van der Waals surface area contributed by atoms with Gasteiger partial charge < -0.3 is 0 Å². The van der Waals surface area contributed by atoms with Gasteiger partial charge in [0.25, 0.3) is 0 Å². The molecule has 1 nitrogen and oxygen atoms in total. The fourth-order valence-corrected chi connectivity index (χ4v) is 5.84. The van der Waals surface area contributed by atoms with Gasteiger partial charge in [-0.3, -0.25) is 0 Å². The van der Waals surface area contributed by atoms with E-state index in [9.17, 15) is 8.78 Å². The van der Waals surface area contributed by atoms with E-state index in [0.717, 1.165) is 36.2 Å². The molecule has 0 N–H and O–H groups in total. The maximum absolute atomic E-state index is 14.0. The van der Waals surface area contributed by atoms with Gasteiger partial charge in [0, 0.05) is 0 Å². The molecule has 2 fully saturated rings. The average Bonchev–Trinajstić information content (AvgIpc) is 2.74. The van der Waals surface area contributed by atoms with Crippen LogP contribution in [-0.2, 0) is 0 Å². The van der Waals surface area contributed by atoms with E-state index < -0.39 is 17.2 Å². The molecule has 2 aliphatic rings. The first kappa shape index (κ1) is 22.3. The van der Waals surface area contributed by atoms with Crippen molar-refractivity contribution in [3.8, 4) is 6.07 Å². The zero-order valence-electron chi connectivity index (χ0n) is 18.1. The van der Waals surface area contributed by atoms with E-state index in [2.05, 4.69) is 6.92 Å². The molecule has 0 saturated heterocycles. The lowest BCUT2D eigenvalue weighted by Crippen LogP contribution is -2.25. The molecular weight excluding hydrogens is 364 g/mol. The van der Waals surface area contributed by atoms with Gasteiger partial charge >= 0.3 is 0 Å². The largest absolute Gasteiger partial charge is 0.205 e. The van der Waals surface area contributed by atoms with Gasteiger partial charge in [-0.15, -0.1) is 0 Å². The summed E-state index contributed by atoms with van der Waals surface area (Å²) in [6, 6.07) is 4.39. The van der Waals surface area contributed by atoms with Crippen LogP contribution in [-0.4, -0.2) is 0 Å². The van der Waals surface area contributed by atoms with Gasteiger partial charge in [-0.1, -0.05) is 58.3 Å². The first-order valence-corrected chi connectivity index (χ1v) is 12.0. The van der Waals surface area contributed by atoms with E-state index in [1.54, 1.807) is 6.07 Å². The van der Waals surface area contributed by atoms with E-state index in [4.69, 9.17) is 5.26 Å². The molecule has 0 atom stereocenters. The first-order valence-electron chi connectivity index (χ1n) is 12.0. The molecule has 1 aromatic carbocycles. The van der Waals surface area contributed by atoms with Crippen LogP contribution in [0, 0.1) is 40.7 Å². The Morgan fingerprint density at radius 3 is 1.93 bits per heavy atom. The lowest BCUT2D eigenvalue weighted by molar-refractivity contribution is 0.155. The van der Waals surface area contributed by atoms with Crippen LogP contribution in [0.25, 0.3) is 0 Å². The van der Waals surface area contributed by atoms with E-state index in [1.165, 1.54) is 89.2 Å². The van der Waals surface area contributed by atoms with E-state index >= 15 is 0 Å². The Hall–Kier alpha value is -1.43. The summed E-state index contributed by atoms with van der Waals surface area (Å²) in [7, 11) is 0. The molecule has 2 aliphatic carbocycles. The summed E-state index contributed by atoms with van der Waals surface area (Å²) in [5.74, 6) is 1.43. The van der Waals surface area contributed by atoms with Crippen LogP contribution in [0.4, 0.5) is 8.78 Å². The maximum Gasteiger partial charge on any atom is 0.144 e. The normalized spacial score (nSPS) is 27.5. The fourth-order valence-electron chi connectivity index (χ4n) is 5.84. The van der Waals surface area contributed by atoms with Gasteiger partial charge in [-0.2, -0.15) is 5.26 Å². The number of benzene rings is 1. The monoisotopic (exact) mass is 401 g/mol. The van der Waals surface area contributed by atoms with Crippen molar-refractivity contribution in [1.29, 1.82) is 5.26 Å². The second-order valence-electron chi connectivity index (χ2n) is 9.57. The van der Waals surface area contributed by atoms with Gasteiger partial charge in [0.2, 0.25) is 0 Å². The smallest absolute Gasteiger partial charge is 0.144 e. The molecule has 0 aromatic heterocycles. The Morgan fingerprint density at radius 2 is 1.38 bits per heavy atom. The van der Waals surface area contributed by atoms with Crippen LogP contribution in [0.2, 0.25) is 0 Å². The van der Waals surface area contributed by atoms with Crippen LogP contribution in [0.1, 0.15) is 114 Å². The van der Waals surface area contributed by atoms with Crippen molar-refractivity contribution in [3.05, 3.63) is 34.9 Å². The lowest BCUT2D eigenvalue weighted by atomic mass is 9.68. The number of halogens is 2. The molecule has 1 aromatic rings. The summed E-state index contributed by atoms with van der Waals surface area (Å²) < 4.78 is 27.9. The second-order valence-corrected chi connectivity index (χ2v) is 9.57. The van der Waals surface area contributed by atoms with Crippen molar-refractivity contribution in [2.45, 2.75) is 103 Å². The van der Waals surface area contributed by atoms with Crippen LogP contribution in [0.3, 0.4) is 0 Å². The molecule has 0 radical (unpaired) electrons. The predicted octanol–water partition coefficient (Wildman–Crippen LogP) is 8.28.